The zero-order chi connectivity index (χ0) is 14.4. The van der Waals surface area contributed by atoms with Crippen LogP contribution in [0.2, 0.25) is 0 Å². The lowest BCUT2D eigenvalue weighted by molar-refractivity contribution is -0.141. The van der Waals surface area contributed by atoms with Crippen molar-refractivity contribution in [3.05, 3.63) is 66.0 Å². The highest BCUT2D eigenvalue weighted by Gasteiger charge is 2.21. The van der Waals surface area contributed by atoms with E-state index in [0.717, 1.165) is 5.56 Å². The van der Waals surface area contributed by atoms with Crippen molar-refractivity contribution in [3.63, 3.8) is 0 Å². The topological polar surface area (TPSA) is 26.3 Å². The summed E-state index contributed by atoms with van der Waals surface area (Å²) in [6.07, 6.45) is 0. The van der Waals surface area contributed by atoms with Gasteiger partial charge in [0.2, 0.25) is 0 Å². The van der Waals surface area contributed by atoms with E-state index >= 15 is 0 Å². The highest BCUT2D eigenvalue weighted by atomic mass is 32.2. The van der Waals surface area contributed by atoms with Crippen LogP contribution in [0.1, 0.15) is 11.5 Å². The van der Waals surface area contributed by atoms with E-state index in [1.54, 1.807) is 18.2 Å². The molecule has 0 radical (unpaired) electrons. The Morgan fingerprint density at radius 3 is 2.45 bits per heavy atom. The predicted octanol–water partition coefficient (Wildman–Crippen LogP) is 3.87. The summed E-state index contributed by atoms with van der Waals surface area (Å²) >= 11 is 1.32. The molecule has 0 aromatic heterocycles. The summed E-state index contributed by atoms with van der Waals surface area (Å²) in [7, 11) is 1.37. The zero-order valence-corrected chi connectivity index (χ0v) is 11.9. The van der Waals surface area contributed by atoms with E-state index < -0.39 is 5.92 Å². The van der Waals surface area contributed by atoms with Gasteiger partial charge in [0.25, 0.3) is 0 Å². The number of thioether (sulfide) groups is 1. The molecule has 20 heavy (non-hydrogen) atoms. The number of methoxy groups -OCH3 is 1. The monoisotopic (exact) mass is 290 g/mol. The van der Waals surface area contributed by atoms with Gasteiger partial charge in [-0.25, -0.2) is 4.39 Å². The van der Waals surface area contributed by atoms with Crippen LogP contribution in [0.15, 0.2) is 59.5 Å². The lowest BCUT2D eigenvalue weighted by atomic mass is 10.0. The van der Waals surface area contributed by atoms with Gasteiger partial charge in [-0.2, -0.15) is 0 Å². The number of esters is 1. The molecule has 0 spiro atoms. The van der Waals surface area contributed by atoms with Crippen LogP contribution in [-0.2, 0) is 9.53 Å². The standard InChI is InChI=1S/C16H15FO2S/c1-19-16(18)13(12-7-3-2-4-8-12)11-20-15-10-6-5-9-14(15)17/h2-10,13H,11H2,1H3. The highest BCUT2D eigenvalue weighted by Crippen LogP contribution is 2.28. The van der Waals surface area contributed by atoms with E-state index in [0.29, 0.717) is 10.6 Å². The first-order valence-corrected chi connectivity index (χ1v) is 7.21. The third-order valence-electron chi connectivity index (χ3n) is 2.93. The minimum absolute atomic E-state index is 0.269. The largest absolute Gasteiger partial charge is 0.469 e. The van der Waals surface area contributed by atoms with E-state index in [2.05, 4.69) is 0 Å². The third-order valence-corrected chi connectivity index (χ3v) is 4.07. The molecular weight excluding hydrogens is 275 g/mol. The SMILES string of the molecule is COC(=O)C(CSc1ccccc1F)c1ccccc1. The number of ether oxygens (including phenoxy) is 1. The quantitative estimate of drug-likeness (QED) is 0.617. The van der Waals surface area contributed by atoms with Crippen LogP contribution in [-0.4, -0.2) is 18.8 Å². The van der Waals surface area contributed by atoms with Crippen LogP contribution in [0.25, 0.3) is 0 Å². The van der Waals surface area contributed by atoms with E-state index in [4.69, 9.17) is 4.74 Å². The Bertz CT molecular complexity index is 572. The molecule has 0 N–H and O–H groups in total. The lowest BCUT2D eigenvalue weighted by Crippen LogP contribution is -2.16. The van der Waals surface area contributed by atoms with E-state index in [1.165, 1.54) is 24.9 Å². The van der Waals surface area contributed by atoms with Crippen molar-refractivity contribution in [3.8, 4) is 0 Å². The summed E-state index contributed by atoms with van der Waals surface area (Å²) in [4.78, 5) is 12.4. The maximum absolute atomic E-state index is 13.6. The Morgan fingerprint density at radius 1 is 1.15 bits per heavy atom. The van der Waals surface area contributed by atoms with Gasteiger partial charge in [0.05, 0.1) is 13.0 Å². The molecule has 2 rings (SSSR count). The van der Waals surface area contributed by atoms with Crippen molar-refractivity contribution in [1.29, 1.82) is 0 Å². The van der Waals surface area contributed by atoms with Crippen molar-refractivity contribution < 1.29 is 13.9 Å². The fraction of sp³-hybridized carbons (Fsp3) is 0.188. The van der Waals surface area contributed by atoms with Gasteiger partial charge in [0.15, 0.2) is 0 Å². The summed E-state index contributed by atoms with van der Waals surface area (Å²) in [6, 6.07) is 15.9. The Kier molecular flexibility index (Phi) is 5.18. The van der Waals surface area contributed by atoms with Crippen molar-refractivity contribution in [1.82, 2.24) is 0 Å². The maximum Gasteiger partial charge on any atom is 0.313 e. The Balaban J connectivity index is 2.14. The van der Waals surface area contributed by atoms with Gasteiger partial charge in [-0.05, 0) is 17.7 Å². The Morgan fingerprint density at radius 2 is 1.80 bits per heavy atom. The summed E-state index contributed by atoms with van der Waals surface area (Å²) < 4.78 is 18.4. The average molecular weight is 290 g/mol. The molecule has 1 atom stereocenters. The number of hydrogen-bond donors (Lipinski definition) is 0. The first kappa shape index (κ1) is 14.6. The van der Waals surface area contributed by atoms with Crippen LogP contribution >= 0.6 is 11.8 Å². The van der Waals surface area contributed by atoms with Crippen molar-refractivity contribution in [2.75, 3.05) is 12.9 Å². The number of hydrogen-bond acceptors (Lipinski definition) is 3. The van der Waals surface area contributed by atoms with Gasteiger partial charge < -0.3 is 4.74 Å². The first-order chi connectivity index (χ1) is 9.72. The fourth-order valence-electron chi connectivity index (χ4n) is 1.86. The molecule has 0 fully saturated rings. The average Bonchev–Trinajstić information content (AvgIpc) is 2.50. The molecule has 2 aromatic carbocycles. The number of halogens is 1. The van der Waals surface area contributed by atoms with Crippen LogP contribution in [0.4, 0.5) is 4.39 Å². The summed E-state index contributed by atoms with van der Waals surface area (Å²) in [5.41, 5.74) is 0.878. The number of carbonyl (C=O) groups excluding carboxylic acids is 1. The number of rotatable bonds is 5. The second-order valence-corrected chi connectivity index (χ2v) is 5.29. The number of carbonyl (C=O) groups is 1. The summed E-state index contributed by atoms with van der Waals surface area (Å²) in [5, 5.41) is 0. The van der Waals surface area contributed by atoms with E-state index in [-0.39, 0.29) is 11.8 Å². The van der Waals surface area contributed by atoms with Crippen molar-refractivity contribution >= 4 is 17.7 Å². The maximum atomic E-state index is 13.6. The smallest absolute Gasteiger partial charge is 0.313 e. The van der Waals surface area contributed by atoms with Crippen LogP contribution < -0.4 is 0 Å². The van der Waals surface area contributed by atoms with E-state index in [9.17, 15) is 9.18 Å². The van der Waals surface area contributed by atoms with Gasteiger partial charge in [-0.15, -0.1) is 11.8 Å². The van der Waals surface area contributed by atoms with E-state index in [1.807, 2.05) is 30.3 Å². The number of benzene rings is 2. The zero-order valence-electron chi connectivity index (χ0n) is 11.1. The normalized spacial score (nSPS) is 11.9. The molecule has 2 aromatic rings. The molecule has 0 saturated carbocycles. The van der Waals surface area contributed by atoms with Gasteiger partial charge in [0, 0.05) is 10.6 Å². The molecule has 1 unspecified atom stereocenters. The molecular formula is C16H15FO2S. The van der Waals surface area contributed by atoms with Crippen molar-refractivity contribution in [2.45, 2.75) is 10.8 Å². The fourth-order valence-corrected chi connectivity index (χ4v) is 2.92. The first-order valence-electron chi connectivity index (χ1n) is 6.22. The second kappa shape index (κ2) is 7.10. The molecule has 0 aliphatic heterocycles. The van der Waals surface area contributed by atoms with Gasteiger partial charge >= 0.3 is 5.97 Å². The predicted molar refractivity (Wildman–Crippen MR) is 78.3 cm³/mol. The van der Waals surface area contributed by atoms with Crippen molar-refractivity contribution in [2.24, 2.45) is 0 Å². The van der Waals surface area contributed by atoms with Crippen LogP contribution in [0, 0.1) is 5.82 Å². The highest BCUT2D eigenvalue weighted by molar-refractivity contribution is 7.99. The minimum Gasteiger partial charge on any atom is -0.469 e. The molecule has 0 heterocycles. The molecule has 0 aliphatic carbocycles. The summed E-state index contributed by atoms with van der Waals surface area (Å²) in [5.74, 6) is -0.530. The Hall–Kier alpha value is -1.81. The molecule has 0 amide bonds. The molecule has 2 nitrogen and oxygen atoms in total. The Labute approximate surface area is 122 Å². The molecule has 0 saturated heterocycles. The van der Waals surface area contributed by atoms with Gasteiger partial charge in [-0.1, -0.05) is 42.5 Å². The molecule has 0 aliphatic rings. The summed E-state index contributed by atoms with van der Waals surface area (Å²) in [6.45, 7) is 0. The lowest BCUT2D eigenvalue weighted by Gasteiger charge is -2.14. The molecule has 4 heteroatoms. The van der Waals surface area contributed by atoms with Gasteiger partial charge in [0.1, 0.15) is 5.82 Å². The van der Waals surface area contributed by atoms with Gasteiger partial charge in [-0.3, -0.25) is 4.79 Å². The third kappa shape index (κ3) is 3.61. The molecule has 0 bridgehead atoms. The second-order valence-electron chi connectivity index (χ2n) is 4.23. The van der Waals surface area contributed by atoms with Crippen LogP contribution in [0.3, 0.4) is 0 Å². The minimum atomic E-state index is -0.397. The van der Waals surface area contributed by atoms with Crippen LogP contribution in [0.5, 0.6) is 0 Å². The molecule has 104 valence electrons.